The molecular weight excluding hydrogens is 364 g/mol. The van der Waals surface area contributed by atoms with Gasteiger partial charge in [-0.25, -0.2) is 4.99 Å². The van der Waals surface area contributed by atoms with Crippen LogP contribution in [0.5, 0.6) is 0 Å². The van der Waals surface area contributed by atoms with Crippen LogP contribution in [0.2, 0.25) is 0 Å². The SMILES string of the molecule is C=CCN1C(=O)/C(=C(\C)c2ccc([N+](=O)[O-])cc2)SC1=Nc1cccnc1. The minimum atomic E-state index is -0.452. The second kappa shape index (κ2) is 7.96. The number of pyridine rings is 1. The normalized spacial score (nSPS) is 17.3. The van der Waals surface area contributed by atoms with Gasteiger partial charge in [-0.05, 0) is 54.1 Å². The van der Waals surface area contributed by atoms with Gasteiger partial charge in [0.25, 0.3) is 11.6 Å². The van der Waals surface area contributed by atoms with E-state index in [1.54, 1.807) is 41.6 Å². The Morgan fingerprint density at radius 1 is 1.37 bits per heavy atom. The number of allylic oxidation sites excluding steroid dienone is 1. The Morgan fingerprint density at radius 3 is 2.70 bits per heavy atom. The number of carbonyl (C=O) groups is 1. The van der Waals surface area contributed by atoms with Crippen molar-refractivity contribution >= 4 is 39.8 Å². The van der Waals surface area contributed by atoms with Crippen LogP contribution in [0.4, 0.5) is 11.4 Å². The fourth-order valence-corrected chi connectivity index (χ4v) is 3.57. The van der Waals surface area contributed by atoms with Crippen molar-refractivity contribution in [3.05, 3.63) is 82.0 Å². The van der Waals surface area contributed by atoms with Gasteiger partial charge in [-0.15, -0.1) is 6.58 Å². The molecule has 8 heteroatoms. The van der Waals surface area contributed by atoms with Gasteiger partial charge in [0.05, 0.1) is 21.7 Å². The van der Waals surface area contributed by atoms with Gasteiger partial charge in [0.1, 0.15) is 0 Å². The number of benzene rings is 1. The summed E-state index contributed by atoms with van der Waals surface area (Å²) in [5.74, 6) is -0.168. The second-order valence-electron chi connectivity index (χ2n) is 5.67. The van der Waals surface area contributed by atoms with E-state index in [4.69, 9.17) is 0 Å². The summed E-state index contributed by atoms with van der Waals surface area (Å²) in [4.78, 5) is 33.9. The highest BCUT2D eigenvalue weighted by Crippen LogP contribution is 2.37. The number of nitro benzene ring substituents is 1. The zero-order valence-electron chi connectivity index (χ0n) is 14.5. The molecule has 0 bridgehead atoms. The molecular formula is C19H16N4O3S. The van der Waals surface area contributed by atoms with E-state index in [1.165, 1.54) is 23.9 Å². The molecule has 0 unspecified atom stereocenters. The summed E-state index contributed by atoms with van der Waals surface area (Å²) < 4.78 is 0. The number of amidine groups is 1. The van der Waals surface area contributed by atoms with Gasteiger partial charge >= 0.3 is 0 Å². The largest absolute Gasteiger partial charge is 0.283 e. The molecule has 0 radical (unpaired) electrons. The highest BCUT2D eigenvalue weighted by Gasteiger charge is 2.34. The third-order valence-corrected chi connectivity index (χ3v) is 5.08. The van der Waals surface area contributed by atoms with Crippen LogP contribution in [-0.4, -0.2) is 32.4 Å². The lowest BCUT2D eigenvalue weighted by Crippen LogP contribution is -2.29. The van der Waals surface area contributed by atoms with Crippen LogP contribution < -0.4 is 0 Å². The van der Waals surface area contributed by atoms with Crippen molar-refractivity contribution in [3.63, 3.8) is 0 Å². The van der Waals surface area contributed by atoms with E-state index >= 15 is 0 Å². The summed E-state index contributed by atoms with van der Waals surface area (Å²) in [6, 6.07) is 9.72. The number of aromatic nitrogens is 1. The molecule has 1 aliphatic heterocycles. The Bertz CT molecular complexity index is 953. The highest BCUT2D eigenvalue weighted by atomic mass is 32.2. The van der Waals surface area contributed by atoms with Crippen LogP contribution >= 0.6 is 11.8 Å². The first-order valence-corrected chi connectivity index (χ1v) is 8.88. The first-order chi connectivity index (χ1) is 13.0. The minimum Gasteiger partial charge on any atom is -0.283 e. The Morgan fingerprint density at radius 2 is 2.11 bits per heavy atom. The fraction of sp³-hybridized carbons (Fsp3) is 0.105. The van der Waals surface area contributed by atoms with Gasteiger partial charge in [0.15, 0.2) is 5.17 Å². The molecule has 1 aliphatic rings. The molecule has 0 aliphatic carbocycles. The molecule has 1 amide bonds. The number of amides is 1. The van der Waals surface area contributed by atoms with Crippen molar-refractivity contribution in [3.8, 4) is 0 Å². The molecule has 1 aromatic heterocycles. The number of hydrogen-bond donors (Lipinski definition) is 0. The van der Waals surface area contributed by atoms with Crippen LogP contribution in [0.1, 0.15) is 12.5 Å². The number of nitro groups is 1. The second-order valence-corrected chi connectivity index (χ2v) is 6.65. The first kappa shape index (κ1) is 18.5. The molecule has 1 aromatic carbocycles. The summed E-state index contributed by atoms with van der Waals surface area (Å²) in [6.45, 7) is 5.86. The number of nitrogens with zero attached hydrogens (tertiary/aromatic N) is 4. The predicted octanol–water partition coefficient (Wildman–Crippen LogP) is 4.17. The van der Waals surface area contributed by atoms with Crippen molar-refractivity contribution < 1.29 is 9.72 Å². The molecule has 0 atom stereocenters. The van der Waals surface area contributed by atoms with Crippen LogP contribution in [-0.2, 0) is 4.79 Å². The maximum absolute atomic E-state index is 12.9. The van der Waals surface area contributed by atoms with Crippen LogP contribution in [0.3, 0.4) is 0 Å². The molecule has 1 saturated heterocycles. The Labute approximate surface area is 160 Å². The molecule has 136 valence electrons. The third kappa shape index (κ3) is 3.95. The number of aliphatic imine (C=N–C) groups is 1. The molecule has 7 nitrogen and oxygen atoms in total. The summed E-state index contributed by atoms with van der Waals surface area (Å²) in [7, 11) is 0. The average molecular weight is 380 g/mol. The molecule has 2 heterocycles. The van der Waals surface area contributed by atoms with Gasteiger partial charge in [-0.2, -0.15) is 0 Å². The number of non-ortho nitro benzene ring substituents is 1. The van der Waals surface area contributed by atoms with Gasteiger partial charge in [0, 0.05) is 24.9 Å². The van der Waals surface area contributed by atoms with E-state index in [1.807, 2.05) is 13.0 Å². The van der Waals surface area contributed by atoms with E-state index in [2.05, 4.69) is 16.6 Å². The van der Waals surface area contributed by atoms with E-state index in [0.29, 0.717) is 22.3 Å². The number of thioether (sulfide) groups is 1. The van der Waals surface area contributed by atoms with Crippen molar-refractivity contribution in [2.45, 2.75) is 6.92 Å². The zero-order chi connectivity index (χ0) is 19.4. The van der Waals surface area contributed by atoms with Gasteiger partial charge in [-0.1, -0.05) is 6.08 Å². The third-order valence-electron chi connectivity index (χ3n) is 3.90. The van der Waals surface area contributed by atoms with E-state index < -0.39 is 4.92 Å². The molecule has 0 saturated carbocycles. The Balaban J connectivity index is 1.99. The van der Waals surface area contributed by atoms with Gasteiger partial charge in [0.2, 0.25) is 0 Å². The fourth-order valence-electron chi connectivity index (χ4n) is 2.50. The smallest absolute Gasteiger partial charge is 0.269 e. The van der Waals surface area contributed by atoms with Gasteiger partial charge in [-0.3, -0.25) is 24.8 Å². The maximum Gasteiger partial charge on any atom is 0.269 e. The number of carbonyl (C=O) groups excluding carboxylic acids is 1. The average Bonchev–Trinajstić information content (AvgIpc) is 2.98. The van der Waals surface area contributed by atoms with Crippen molar-refractivity contribution in [1.82, 2.24) is 9.88 Å². The molecule has 27 heavy (non-hydrogen) atoms. The maximum atomic E-state index is 12.9. The minimum absolute atomic E-state index is 0.00839. The Hall–Kier alpha value is -3.26. The Kier molecular flexibility index (Phi) is 5.46. The first-order valence-electron chi connectivity index (χ1n) is 8.06. The van der Waals surface area contributed by atoms with Crippen LogP contribution in [0.15, 0.2) is 71.3 Å². The summed E-state index contributed by atoms with van der Waals surface area (Å²) in [5, 5.41) is 11.4. The molecule has 2 aromatic rings. The molecule has 1 fully saturated rings. The predicted molar refractivity (Wildman–Crippen MR) is 107 cm³/mol. The lowest BCUT2D eigenvalue weighted by Gasteiger charge is -2.12. The number of hydrogen-bond acceptors (Lipinski definition) is 6. The molecule has 3 rings (SSSR count). The van der Waals surface area contributed by atoms with Crippen LogP contribution in [0.25, 0.3) is 5.57 Å². The molecule has 0 N–H and O–H groups in total. The summed E-state index contributed by atoms with van der Waals surface area (Å²) >= 11 is 1.27. The van der Waals surface area contributed by atoms with Crippen molar-refractivity contribution in [1.29, 1.82) is 0 Å². The van der Waals surface area contributed by atoms with E-state index in [9.17, 15) is 14.9 Å². The summed E-state index contributed by atoms with van der Waals surface area (Å²) in [5.41, 5.74) is 2.15. The van der Waals surface area contributed by atoms with Gasteiger partial charge < -0.3 is 0 Å². The quantitative estimate of drug-likeness (QED) is 0.336. The topological polar surface area (TPSA) is 88.7 Å². The lowest BCUT2D eigenvalue weighted by atomic mass is 10.1. The number of rotatable bonds is 5. The molecule has 0 spiro atoms. The van der Waals surface area contributed by atoms with E-state index in [-0.39, 0.29) is 11.6 Å². The standard InChI is InChI=1S/C19H16N4O3S/c1-3-11-22-18(24)17(27-19(22)21-15-5-4-10-20-12-15)13(2)14-6-8-16(9-7-14)23(25)26/h3-10,12H,1,11H2,2H3/b17-13-,21-19?. The van der Waals surface area contributed by atoms with Crippen molar-refractivity contribution in [2.24, 2.45) is 4.99 Å². The van der Waals surface area contributed by atoms with Crippen LogP contribution in [0, 0.1) is 10.1 Å². The van der Waals surface area contributed by atoms with Crippen molar-refractivity contribution in [2.75, 3.05) is 6.54 Å². The van der Waals surface area contributed by atoms with E-state index in [0.717, 1.165) is 11.1 Å². The monoisotopic (exact) mass is 380 g/mol. The highest BCUT2D eigenvalue weighted by molar-refractivity contribution is 8.18. The zero-order valence-corrected chi connectivity index (χ0v) is 15.3. The summed E-state index contributed by atoms with van der Waals surface area (Å²) in [6.07, 6.45) is 4.92. The lowest BCUT2D eigenvalue weighted by molar-refractivity contribution is -0.384.